The molecule has 112 valence electrons. The van der Waals surface area contributed by atoms with Gasteiger partial charge < -0.3 is 15.0 Å². The summed E-state index contributed by atoms with van der Waals surface area (Å²) in [6, 6.07) is 7.86. The van der Waals surface area contributed by atoms with Gasteiger partial charge in [0.2, 0.25) is 0 Å². The fourth-order valence-corrected chi connectivity index (χ4v) is 2.72. The van der Waals surface area contributed by atoms with Crippen LogP contribution in [0.3, 0.4) is 0 Å². The number of hydrogen-bond donors (Lipinski definition) is 1. The van der Waals surface area contributed by atoms with Crippen LogP contribution in [0.15, 0.2) is 36.4 Å². The summed E-state index contributed by atoms with van der Waals surface area (Å²) < 4.78 is 5.12. The zero-order chi connectivity index (χ0) is 14.7. The number of hydrogen-bond acceptors (Lipinski definition) is 3. The molecule has 1 saturated heterocycles. The fraction of sp³-hybridized carbons (Fsp3) is 0.438. The Kier molecular flexibility index (Phi) is 4.10. The van der Waals surface area contributed by atoms with Gasteiger partial charge in [0.1, 0.15) is 5.75 Å². The van der Waals surface area contributed by atoms with Crippen molar-refractivity contribution in [3.05, 3.63) is 36.4 Å². The molecule has 2 aliphatic heterocycles. The molecule has 1 fully saturated rings. The molecule has 2 aliphatic rings. The van der Waals surface area contributed by atoms with Crippen LogP contribution in [0.2, 0.25) is 0 Å². The van der Waals surface area contributed by atoms with Crippen LogP contribution in [0.5, 0.6) is 5.75 Å². The summed E-state index contributed by atoms with van der Waals surface area (Å²) in [5, 5.41) is 2.95. The molecule has 21 heavy (non-hydrogen) atoms. The molecular weight excluding hydrogens is 266 g/mol. The van der Waals surface area contributed by atoms with Crippen LogP contribution in [-0.4, -0.2) is 55.2 Å². The molecule has 5 heteroatoms. The zero-order valence-corrected chi connectivity index (χ0v) is 12.3. The lowest BCUT2D eigenvalue weighted by atomic mass is 10.0. The molecule has 0 aliphatic carbocycles. The number of ether oxygens (including phenoxy) is 1. The molecule has 0 bridgehead atoms. The molecule has 0 radical (unpaired) electrons. The Bertz CT molecular complexity index is 527. The number of rotatable bonds is 2. The molecule has 1 aromatic rings. The summed E-state index contributed by atoms with van der Waals surface area (Å²) in [6.07, 6.45) is 5.40. The summed E-state index contributed by atoms with van der Waals surface area (Å²) in [4.78, 5) is 16.7. The summed E-state index contributed by atoms with van der Waals surface area (Å²) in [6.45, 7) is 3.63. The zero-order valence-electron chi connectivity index (χ0n) is 12.3. The predicted octanol–water partition coefficient (Wildman–Crippen LogP) is 2.17. The number of nitrogens with zero attached hydrogens (tertiary/aromatic N) is 2. The van der Waals surface area contributed by atoms with Crippen molar-refractivity contribution in [2.45, 2.75) is 12.5 Å². The van der Waals surface area contributed by atoms with Crippen LogP contribution in [0.1, 0.15) is 6.42 Å². The van der Waals surface area contributed by atoms with E-state index in [-0.39, 0.29) is 6.03 Å². The standard InChI is InChI=1S/C16H21N3O2/c1-21-15-6-4-13(5-7-15)17-16(20)19-10-3-2-9-18-11-8-14(18)12-19/h2-7,14H,8-12H2,1H3,(H,17,20)/b3-2-/t14-/m1/s1. The van der Waals surface area contributed by atoms with Gasteiger partial charge in [-0.3, -0.25) is 4.90 Å². The van der Waals surface area contributed by atoms with E-state index in [1.807, 2.05) is 29.2 Å². The van der Waals surface area contributed by atoms with Crippen LogP contribution in [-0.2, 0) is 0 Å². The average Bonchev–Trinajstić information content (AvgIpc) is 2.48. The highest BCUT2D eigenvalue weighted by Crippen LogP contribution is 2.20. The second kappa shape index (κ2) is 6.18. The Morgan fingerprint density at radius 2 is 2.00 bits per heavy atom. The van der Waals surface area contributed by atoms with Crippen molar-refractivity contribution in [3.8, 4) is 5.75 Å². The van der Waals surface area contributed by atoms with Crippen molar-refractivity contribution in [1.29, 1.82) is 0 Å². The quantitative estimate of drug-likeness (QED) is 0.848. The van der Waals surface area contributed by atoms with Gasteiger partial charge in [-0.2, -0.15) is 0 Å². The Labute approximate surface area is 125 Å². The Morgan fingerprint density at radius 1 is 1.24 bits per heavy atom. The molecule has 0 spiro atoms. The van der Waals surface area contributed by atoms with Gasteiger partial charge in [0.05, 0.1) is 7.11 Å². The number of anilines is 1. The molecule has 1 atom stereocenters. The third-order valence-electron chi connectivity index (χ3n) is 4.16. The summed E-state index contributed by atoms with van der Waals surface area (Å²) >= 11 is 0. The Hall–Kier alpha value is -2.01. The number of carbonyl (C=O) groups excluding carboxylic acids is 1. The molecule has 1 N–H and O–H groups in total. The molecule has 0 saturated carbocycles. The highest BCUT2D eigenvalue weighted by molar-refractivity contribution is 5.89. The average molecular weight is 287 g/mol. The molecule has 0 aromatic heterocycles. The lowest BCUT2D eigenvalue weighted by Gasteiger charge is -2.43. The third-order valence-corrected chi connectivity index (χ3v) is 4.16. The van der Waals surface area contributed by atoms with Gasteiger partial charge in [0.25, 0.3) is 0 Å². The number of methoxy groups -OCH3 is 1. The fourth-order valence-electron chi connectivity index (χ4n) is 2.72. The van der Waals surface area contributed by atoms with Crippen molar-refractivity contribution in [2.24, 2.45) is 0 Å². The largest absolute Gasteiger partial charge is 0.497 e. The number of carbonyl (C=O) groups is 1. The van der Waals surface area contributed by atoms with Gasteiger partial charge in [-0.1, -0.05) is 12.2 Å². The first kappa shape index (κ1) is 13.9. The van der Waals surface area contributed by atoms with Gasteiger partial charge in [-0.05, 0) is 30.7 Å². The van der Waals surface area contributed by atoms with E-state index in [0.29, 0.717) is 12.6 Å². The van der Waals surface area contributed by atoms with Crippen LogP contribution in [0.25, 0.3) is 0 Å². The topological polar surface area (TPSA) is 44.8 Å². The number of benzene rings is 1. The molecule has 0 unspecified atom stereocenters. The van der Waals surface area contributed by atoms with E-state index >= 15 is 0 Å². The van der Waals surface area contributed by atoms with E-state index < -0.39 is 0 Å². The van der Waals surface area contributed by atoms with Crippen molar-refractivity contribution < 1.29 is 9.53 Å². The molecular formula is C16H21N3O2. The maximum atomic E-state index is 12.4. The van der Waals surface area contributed by atoms with Gasteiger partial charge in [-0.15, -0.1) is 0 Å². The van der Waals surface area contributed by atoms with Gasteiger partial charge in [0, 0.05) is 37.9 Å². The summed E-state index contributed by atoms with van der Waals surface area (Å²) in [5.74, 6) is 0.785. The van der Waals surface area contributed by atoms with Crippen LogP contribution in [0.4, 0.5) is 10.5 Å². The Morgan fingerprint density at radius 3 is 2.67 bits per heavy atom. The van der Waals surface area contributed by atoms with E-state index in [2.05, 4.69) is 22.4 Å². The van der Waals surface area contributed by atoms with Crippen LogP contribution < -0.4 is 10.1 Å². The lowest BCUT2D eigenvalue weighted by Crippen LogP contribution is -2.55. The second-order valence-electron chi connectivity index (χ2n) is 5.47. The molecule has 2 amide bonds. The maximum Gasteiger partial charge on any atom is 0.322 e. The monoisotopic (exact) mass is 287 g/mol. The number of fused-ring (bicyclic) bond motifs is 1. The lowest BCUT2D eigenvalue weighted by molar-refractivity contribution is 0.0777. The predicted molar refractivity (Wildman–Crippen MR) is 82.7 cm³/mol. The van der Waals surface area contributed by atoms with Gasteiger partial charge in [-0.25, -0.2) is 4.79 Å². The molecule has 5 nitrogen and oxygen atoms in total. The highest BCUT2D eigenvalue weighted by atomic mass is 16.5. The Balaban J connectivity index is 1.62. The van der Waals surface area contributed by atoms with E-state index in [4.69, 9.17) is 4.74 Å². The number of urea groups is 1. The minimum absolute atomic E-state index is 0.0430. The number of amides is 2. The minimum Gasteiger partial charge on any atom is -0.497 e. The highest BCUT2D eigenvalue weighted by Gasteiger charge is 2.30. The van der Waals surface area contributed by atoms with Crippen molar-refractivity contribution in [2.75, 3.05) is 38.6 Å². The van der Waals surface area contributed by atoms with E-state index in [9.17, 15) is 4.79 Å². The van der Waals surface area contributed by atoms with Crippen LogP contribution in [0, 0.1) is 0 Å². The van der Waals surface area contributed by atoms with Crippen molar-refractivity contribution in [1.82, 2.24) is 9.80 Å². The van der Waals surface area contributed by atoms with Crippen LogP contribution >= 0.6 is 0 Å². The third kappa shape index (κ3) is 3.19. The molecule has 3 rings (SSSR count). The van der Waals surface area contributed by atoms with Gasteiger partial charge in [0.15, 0.2) is 0 Å². The smallest absolute Gasteiger partial charge is 0.322 e. The summed E-state index contributed by atoms with van der Waals surface area (Å²) in [7, 11) is 1.63. The first-order chi connectivity index (χ1) is 10.3. The van der Waals surface area contributed by atoms with Gasteiger partial charge >= 0.3 is 6.03 Å². The van der Waals surface area contributed by atoms with E-state index in [1.165, 1.54) is 6.42 Å². The van der Waals surface area contributed by atoms with Crippen molar-refractivity contribution >= 4 is 11.7 Å². The minimum atomic E-state index is -0.0430. The molecule has 1 aromatic carbocycles. The first-order valence-corrected chi connectivity index (χ1v) is 7.35. The normalized spacial score (nSPS) is 23.3. The second-order valence-corrected chi connectivity index (χ2v) is 5.47. The number of nitrogens with one attached hydrogen (secondary N) is 1. The first-order valence-electron chi connectivity index (χ1n) is 7.35. The van der Waals surface area contributed by atoms with Crippen molar-refractivity contribution in [3.63, 3.8) is 0 Å². The van der Waals surface area contributed by atoms with E-state index in [1.54, 1.807) is 7.11 Å². The molecule has 2 heterocycles. The summed E-state index contributed by atoms with van der Waals surface area (Å²) in [5.41, 5.74) is 0.789. The SMILES string of the molecule is COc1ccc(NC(=O)N2C/C=C\CN3CC[C@@H]3C2)cc1. The van der Waals surface area contributed by atoms with E-state index in [0.717, 1.165) is 31.1 Å². The maximum absolute atomic E-state index is 12.4.